The number of hydrogen-bond acceptors (Lipinski definition) is 3. The molecule has 1 aromatic carbocycles. The molecule has 0 atom stereocenters. The highest BCUT2D eigenvalue weighted by Gasteiger charge is 2.22. The van der Waals surface area contributed by atoms with Crippen LogP contribution >= 0.6 is 0 Å². The molecule has 1 aliphatic rings. The van der Waals surface area contributed by atoms with Crippen LogP contribution < -0.4 is 15.5 Å². The third-order valence-electron chi connectivity index (χ3n) is 3.51. The second kappa shape index (κ2) is 7.59. The molecule has 0 saturated carbocycles. The van der Waals surface area contributed by atoms with Gasteiger partial charge in [0, 0.05) is 30.9 Å². The zero-order chi connectivity index (χ0) is 15.9. The van der Waals surface area contributed by atoms with Gasteiger partial charge in [-0.3, -0.25) is 14.4 Å². The number of nitrogens with zero attached hydrogens (tertiary/aromatic N) is 1. The van der Waals surface area contributed by atoms with Crippen molar-refractivity contribution < 1.29 is 14.4 Å². The Morgan fingerprint density at radius 1 is 1.27 bits per heavy atom. The van der Waals surface area contributed by atoms with E-state index in [1.54, 1.807) is 23.1 Å². The van der Waals surface area contributed by atoms with Gasteiger partial charge >= 0.3 is 11.8 Å². The zero-order valence-electron chi connectivity index (χ0n) is 12.7. The standard InChI is InChI=1S/C16H21N3O3/c1-2-3-9-17-15(21)16(22)18-12-6-4-7-13(11-12)19-10-5-8-14(19)20/h4,6-7,11H,2-3,5,8-10H2,1H3,(H,17,21)(H,18,22). The van der Waals surface area contributed by atoms with E-state index in [2.05, 4.69) is 10.6 Å². The van der Waals surface area contributed by atoms with E-state index in [1.807, 2.05) is 13.0 Å². The van der Waals surface area contributed by atoms with Crippen molar-refractivity contribution in [1.82, 2.24) is 5.32 Å². The highest BCUT2D eigenvalue weighted by Crippen LogP contribution is 2.24. The minimum atomic E-state index is -0.694. The minimum Gasteiger partial charge on any atom is -0.348 e. The van der Waals surface area contributed by atoms with Crippen molar-refractivity contribution in [3.05, 3.63) is 24.3 Å². The summed E-state index contributed by atoms with van der Waals surface area (Å²) in [5, 5.41) is 5.12. The van der Waals surface area contributed by atoms with E-state index in [1.165, 1.54) is 0 Å². The monoisotopic (exact) mass is 303 g/mol. The van der Waals surface area contributed by atoms with Crippen molar-refractivity contribution >= 4 is 29.1 Å². The first kappa shape index (κ1) is 16.0. The van der Waals surface area contributed by atoms with Crippen LogP contribution in [0.15, 0.2) is 24.3 Å². The predicted octanol–water partition coefficient (Wildman–Crippen LogP) is 1.67. The van der Waals surface area contributed by atoms with Gasteiger partial charge in [-0.25, -0.2) is 0 Å². The predicted molar refractivity (Wildman–Crippen MR) is 84.6 cm³/mol. The van der Waals surface area contributed by atoms with Gasteiger partial charge in [-0.1, -0.05) is 19.4 Å². The lowest BCUT2D eigenvalue weighted by molar-refractivity contribution is -0.136. The van der Waals surface area contributed by atoms with E-state index in [-0.39, 0.29) is 5.91 Å². The number of carbonyl (C=O) groups is 3. The van der Waals surface area contributed by atoms with Gasteiger partial charge in [0.1, 0.15) is 0 Å². The molecule has 0 bridgehead atoms. The van der Waals surface area contributed by atoms with Gasteiger partial charge in [-0.15, -0.1) is 0 Å². The molecule has 0 aromatic heterocycles. The Morgan fingerprint density at radius 2 is 2.09 bits per heavy atom. The largest absolute Gasteiger partial charge is 0.348 e. The maximum absolute atomic E-state index is 11.8. The van der Waals surface area contributed by atoms with Crippen molar-refractivity contribution in [2.75, 3.05) is 23.3 Å². The van der Waals surface area contributed by atoms with Crippen molar-refractivity contribution in [2.45, 2.75) is 32.6 Å². The maximum Gasteiger partial charge on any atom is 0.313 e. The van der Waals surface area contributed by atoms with E-state index in [9.17, 15) is 14.4 Å². The van der Waals surface area contributed by atoms with Crippen LogP contribution in [-0.4, -0.2) is 30.8 Å². The zero-order valence-corrected chi connectivity index (χ0v) is 12.7. The van der Waals surface area contributed by atoms with Crippen LogP contribution in [0.2, 0.25) is 0 Å². The Bertz CT molecular complexity index is 572. The van der Waals surface area contributed by atoms with Crippen molar-refractivity contribution in [3.63, 3.8) is 0 Å². The van der Waals surface area contributed by atoms with Crippen molar-refractivity contribution in [3.8, 4) is 0 Å². The number of nitrogens with one attached hydrogen (secondary N) is 2. The molecule has 1 heterocycles. The second-order valence-corrected chi connectivity index (χ2v) is 5.26. The van der Waals surface area contributed by atoms with E-state index in [4.69, 9.17) is 0 Å². The average Bonchev–Trinajstić information content (AvgIpc) is 2.94. The summed E-state index contributed by atoms with van der Waals surface area (Å²) in [4.78, 5) is 36.9. The van der Waals surface area contributed by atoms with Crippen molar-refractivity contribution in [2.24, 2.45) is 0 Å². The lowest BCUT2D eigenvalue weighted by Crippen LogP contribution is -2.35. The maximum atomic E-state index is 11.8. The Morgan fingerprint density at radius 3 is 2.77 bits per heavy atom. The molecule has 0 unspecified atom stereocenters. The molecule has 1 fully saturated rings. The Labute approximate surface area is 129 Å². The van der Waals surface area contributed by atoms with Gasteiger partial charge in [0.05, 0.1) is 0 Å². The third kappa shape index (κ3) is 4.07. The minimum absolute atomic E-state index is 0.0841. The van der Waals surface area contributed by atoms with Crippen LogP contribution in [0.1, 0.15) is 32.6 Å². The number of amides is 3. The van der Waals surface area contributed by atoms with Gasteiger partial charge in [-0.2, -0.15) is 0 Å². The second-order valence-electron chi connectivity index (χ2n) is 5.26. The fourth-order valence-corrected chi connectivity index (χ4v) is 2.32. The first-order chi connectivity index (χ1) is 10.6. The summed E-state index contributed by atoms with van der Waals surface area (Å²) in [6.07, 6.45) is 3.19. The first-order valence-corrected chi connectivity index (χ1v) is 7.61. The van der Waals surface area contributed by atoms with Crippen LogP contribution in [0.3, 0.4) is 0 Å². The highest BCUT2D eigenvalue weighted by molar-refractivity contribution is 6.39. The summed E-state index contributed by atoms with van der Waals surface area (Å²) < 4.78 is 0. The Kier molecular flexibility index (Phi) is 5.52. The molecule has 6 heteroatoms. The van der Waals surface area contributed by atoms with Gasteiger partial charge in [0.15, 0.2) is 0 Å². The molecule has 2 rings (SSSR count). The number of hydrogen-bond donors (Lipinski definition) is 2. The molecule has 1 aliphatic heterocycles. The van der Waals surface area contributed by atoms with Gasteiger partial charge in [-0.05, 0) is 31.0 Å². The molecule has 2 N–H and O–H groups in total. The molecule has 0 spiro atoms. The SMILES string of the molecule is CCCCNC(=O)C(=O)Nc1cccc(N2CCCC2=O)c1. The fourth-order valence-electron chi connectivity index (χ4n) is 2.32. The highest BCUT2D eigenvalue weighted by atomic mass is 16.2. The van der Waals surface area contributed by atoms with E-state index in [0.29, 0.717) is 25.2 Å². The summed E-state index contributed by atoms with van der Waals surface area (Å²) >= 11 is 0. The Balaban J connectivity index is 1.96. The van der Waals surface area contributed by atoms with Crippen LogP contribution in [0.4, 0.5) is 11.4 Å². The third-order valence-corrected chi connectivity index (χ3v) is 3.51. The van der Waals surface area contributed by atoms with Crippen LogP contribution in [0.25, 0.3) is 0 Å². The van der Waals surface area contributed by atoms with Crippen LogP contribution in [0, 0.1) is 0 Å². The normalized spacial score (nSPS) is 14.0. The molecule has 3 amide bonds. The summed E-state index contributed by atoms with van der Waals surface area (Å²) in [6, 6.07) is 6.98. The topological polar surface area (TPSA) is 78.5 Å². The number of benzene rings is 1. The van der Waals surface area contributed by atoms with Crippen LogP contribution in [0.5, 0.6) is 0 Å². The number of unbranched alkanes of at least 4 members (excludes halogenated alkanes) is 1. The lowest BCUT2D eigenvalue weighted by atomic mass is 10.2. The molecule has 0 aliphatic carbocycles. The Hall–Kier alpha value is -2.37. The molecular formula is C16H21N3O3. The fraction of sp³-hybridized carbons (Fsp3) is 0.438. The van der Waals surface area contributed by atoms with Gasteiger partial charge in [0.25, 0.3) is 0 Å². The summed E-state index contributed by atoms with van der Waals surface area (Å²) in [5.74, 6) is -1.25. The number of rotatable bonds is 5. The molecular weight excluding hydrogens is 282 g/mol. The van der Waals surface area contributed by atoms with Gasteiger partial charge in [0.2, 0.25) is 5.91 Å². The van der Waals surface area contributed by atoms with Crippen molar-refractivity contribution in [1.29, 1.82) is 0 Å². The summed E-state index contributed by atoms with van der Waals surface area (Å²) in [5.41, 5.74) is 1.25. The summed E-state index contributed by atoms with van der Waals surface area (Å²) in [7, 11) is 0. The molecule has 6 nitrogen and oxygen atoms in total. The summed E-state index contributed by atoms with van der Waals surface area (Å²) in [6.45, 7) is 3.19. The van der Waals surface area contributed by atoms with Gasteiger partial charge < -0.3 is 15.5 Å². The quantitative estimate of drug-likeness (QED) is 0.641. The van der Waals surface area contributed by atoms with Crippen LogP contribution in [-0.2, 0) is 14.4 Å². The van der Waals surface area contributed by atoms with E-state index < -0.39 is 11.8 Å². The lowest BCUT2D eigenvalue weighted by Gasteiger charge is -2.16. The van der Waals surface area contributed by atoms with E-state index in [0.717, 1.165) is 24.9 Å². The molecule has 1 saturated heterocycles. The number of carbonyl (C=O) groups excluding carboxylic acids is 3. The first-order valence-electron chi connectivity index (χ1n) is 7.61. The average molecular weight is 303 g/mol. The molecule has 0 radical (unpaired) electrons. The molecule has 1 aromatic rings. The van der Waals surface area contributed by atoms with E-state index >= 15 is 0 Å². The smallest absolute Gasteiger partial charge is 0.313 e. The molecule has 22 heavy (non-hydrogen) atoms. The number of anilines is 2. The molecule has 118 valence electrons.